The molecule has 0 aliphatic carbocycles. The fraction of sp³-hybridized carbons (Fsp3) is 0.579. The van der Waals surface area contributed by atoms with Crippen LogP contribution in [-0.4, -0.2) is 44.0 Å². The average Bonchev–Trinajstić information content (AvgIpc) is 2.50. The van der Waals surface area contributed by atoms with Crippen molar-refractivity contribution in [2.75, 3.05) is 7.11 Å². The molecule has 0 aliphatic heterocycles. The molecule has 1 aromatic carbocycles. The maximum Gasteiger partial charge on any atom is 0.312 e. The van der Waals surface area contributed by atoms with Crippen molar-refractivity contribution in [3.05, 3.63) is 23.8 Å². The molecule has 5 nitrogen and oxygen atoms in total. The third-order valence-corrected chi connectivity index (χ3v) is 6.21. The average molecular weight is 365 g/mol. The van der Waals surface area contributed by atoms with Crippen LogP contribution >= 0.6 is 0 Å². The smallest absolute Gasteiger partial charge is 0.312 e. The number of nitrogens with zero attached hydrogens (tertiary/aromatic N) is 1. The van der Waals surface area contributed by atoms with Crippen molar-refractivity contribution in [3.8, 4) is 5.75 Å². The van der Waals surface area contributed by atoms with Gasteiger partial charge in [-0.2, -0.15) is 0 Å². The summed E-state index contributed by atoms with van der Waals surface area (Å²) in [4.78, 5) is 26.5. The van der Waals surface area contributed by atoms with Crippen LogP contribution in [0.4, 0.5) is 0 Å². The van der Waals surface area contributed by atoms with E-state index in [1.807, 2.05) is 39.8 Å². The number of hydrogen-bond donors (Lipinski definition) is 1. The van der Waals surface area contributed by atoms with Crippen LogP contribution in [0.2, 0.25) is 19.6 Å². The molecule has 0 unspecified atom stereocenters. The van der Waals surface area contributed by atoms with Crippen molar-refractivity contribution in [3.63, 3.8) is 0 Å². The lowest BCUT2D eigenvalue weighted by molar-refractivity contribution is -0.148. The normalized spacial score (nSPS) is 11.6. The van der Waals surface area contributed by atoms with Gasteiger partial charge in [-0.15, -0.1) is 0 Å². The quantitative estimate of drug-likeness (QED) is 0.623. The zero-order valence-corrected chi connectivity index (χ0v) is 17.8. The first-order valence-electron chi connectivity index (χ1n) is 8.77. The second-order valence-electron chi connectivity index (χ2n) is 7.82. The van der Waals surface area contributed by atoms with Crippen LogP contribution in [0.15, 0.2) is 18.2 Å². The van der Waals surface area contributed by atoms with Gasteiger partial charge in [-0.1, -0.05) is 37.0 Å². The van der Waals surface area contributed by atoms with Crippen molar-refractivity contribution in [2.45, 2.75) is 66.0 Å². The van der Waals surface area contributed by atoms with E-state index >= 15 is 0 Å². The van der Waals surface area contributed by atoms with Crippen LogP contribution in [0.3, 0.4) is 0 Å². The Morgan fingerprint density at radius 2 is 1.68 bits per heavy atom. The van der Waals surface area contributed by atoms with Crippen LogP contribution in [0.25, 0.3) is 0 Å². The molecule has 2 amide bonds. The zero-order chi connectivity index (χ0) is 19.4. The molecule has 25 heavy (non-hydrogen) atoms. The molecule has 0 bridgehead atoms. The largest absolute Gasteiger partial charge is 0.496 e. The fourth-order valence-corrected chi connectivity index (χ4v) is 4.78. The molecule has 0 atom stereocenters. The number of hydrogen-bond acceptors (Lipinski definition) is 3. The second kappa shape index (κ2) is 8.51. The highest BCUT2D eigenvalue weighted by Crippen LogP contribution is 2.19. The Labute approximate surface area is 152 Å². The van der Waals surface area contributed by atoms with Crippen LogP contribution in [0.5, 0.6) is 5.75 Å². The zero-order valence-electron chi connectivity index (χ0n) is 16.8. The number of rotatable bonds is 6. The summed E-state index contributed by atoms with van der Waals surface area (Å²) < 4.78 is 5.47. The molecule has 6 heteroatoms. The predicted molar refractivity (Wildman–Crippen MR) is 105 cm³/mol. The molecule has 0 heterocycles. The standard InChI is InChI=1S/C19H32N2O3Si/c1-13(2)21(14(3)4)19(23)18(22)20-12-15-16(24-5)10-9-11-17(15)25(6,7)8/h9-11,13-14H,12H2,1-8H3,(H,20,22). The maximum absolute atomic E-state index is 12.5. The highest BCUT2D eigenvalue weighted by molar-refractivity contribution is 6.89. The van der Waals surface area contributed by atoms with E-state index in [2.05, 4.69) is 31.0 Å². The van der Waals surface area contributed by atoms with Crippen molar-refractivity contribution < 1.29 is 14.3 Å². The number of carbonyl (C=O) groups excluding carboxylic acids is 2. The lowest BCUT2D eigenvalue weighted by atomic mass is 10.2. The molecule has 140 valence electrons. The number of methoxy groups -OCH3 is 1. The Kier molecular flexibility index (Phi) is 7.23. The predicted octanol–water partition coefficient (Wildman–Crippen LogP) is 2.50. The van der Waals surface area contributed by atoms with Gasteiger partial charge in [0.15, 0.2) is 0 Å². The SMILES string of the molecule is COc1cccc([Si](C)(C)C)c1CNC(=O)C(=O)N(C(C)C)C(C)C. The highest BCUT2D eigenvalue weighted by atomic mass is 28.3. The summed E-state index contributed by atoms with van der Waals surface area (Å²) in [5, 5.41) is 4.01. The minimum absolute atomic E-state index is 0.0259. The summed E-state index contributed by atoms with van der Waals surface area (Å²) in [7, 11) is 0.0151. The Bertz CT molecular complexity index is 614. The van der Waals surface area contributed by atoms with E-state index in [-0.39, 0.29) is 18.6 Å². The molecule has 0 fully saturated rings. The van der Waals surface area contributed by atoms with Gasteiger partial charge in [0, 0.05) is 24.2 Å². The van der Waals surface area contributed by atoms with E-state index in [0.717, 1.165) is 11.3 Å². The van der Waals surface area contributed by atoms with E-state index in [0.29, 0.717) is 0 Å². The topological polar surface area (TPSA) is 58.6 Å². The Morgan fingerprint density at radius 3 is 2.12 bits per heavy atom. The van der Waals surface area contributed by atoms with Crippen LogP contribution in [-0.2, 0) is 16.1 Å². The molecule has 0 spiro atoms. The van der Waals surface area contributed by atoms with Crippen molar-refractivity contribution in [1.29, 1.82) is 0 Å². The molecule has 1 N–H and O–H groups in total. The molecule has 1 aromatic rings. The number of amides is 2. The van der Waals surface area contributed by atoms with Crippen LogP contribution < -0.4 is 15.2 Å². The summed E-state index contributed by atoms with van der Waals surface area (Å²) >= 11 is 0. The number of carbonyl (C=O) groups is 2. The monoisotopic (exact) mass is 364 g/mol. The van der Waals surface area contributed by atoms with E-state index < -0.39 is 19.9 Å². The van der Waals surface area contributed by atoms with Gasteiger partial charge in [-0.25, -0.2) is 0 Å². The van der Waals surface area contributed by atoms with E-state index in [1.54, 1.807) is 12.0 Å². The second-order valence-corrected chi connectivity index (χ2v) is 12.9. The van der Waals surface area contributed by atoms with Gasteiger partial charge in [0.2, 0.25) is 0 Å². The van der Waals surface area contributed by atoms with Gasteiger partial charge < -0.3 is 15.0 Å². The third-order valence-electron chi connectivity index (χ3n) is 4.13. The van der Waals surface area contributed by atoms with E-state index in [4.69, 9.17) is 4.74 Å². The van der Waals surface area contributed by atoms with E-state index in [1.165, 1.54) is 5.19 Å². The first-order valence-corrected chi connectivity index (χ1v) is 12.3. The molecule has 0 saturated carbocycles. The molecular formula is C19H32N2O3Si. The molecular weight excluding hydrogens is 332 g/mol. The summed E-state index contributed by atoms with van der Waals surface area (Å²) in [6, 6.07) is 5.90. The molecule has 0 radical (unpaired) electrons. The van der Waals surface area contributed by atoms with Gasteiger partial charge in [0.25, 0.3) is 0 Å². The van der Waals surface area contributed by atoms with Crippen molar-refractivity contribution in [1.82, 2.24) is 10.2 Å². The van der Waals surface area contributed by atoms with Gasteiger partial charge in [-0.05, 0) is 33.8 Å². The molecule has 0 aromatic heterocycles. The highest BCUT2D eigenvalue weighted by Gasteiger charge is 2.27. The Balaban J connectivity index is 3.01. The summed E-state index contributed by atoms with van der Waals surface area (Å²) in [6.07, 6.45) is 0. The fourth-order valence-electron chi connectivity index (χ4n) is 3.07. The number of ether oxygens (including phenoxy) is 1. The van der Waals surface area contributed by atoms with E-state index in [9.17, 15) is 9.59 Å². The van der Waals surface area contributed by atoms with Crippen LogP contribution in [0, 0.1) is 0 Å². The summed E-state index contributed by atoms with van der Waals surface area (Å²) in [6.45, 7) is 14.7. The first-order chi connectivity index (χ1) is 11.5. The van der Waals surface area contributed by atoms with Crippen molar-refractivity contribution >= 4 is 25.1 Å². The molecule has 0 aliphatic rings. The number of benzene rings is 1. The first kappa shape index (κ1) is 21.2. The summed E-state index contributed by atoms with van der Waals surface area (Å²) in [5.41, 5.74) is 0.964. The molecule has 1 rings (SSSR count). The lowest BCUT2D eigenvalue weighted by Crippen LogP contribution is -2.49. The van der Waals surface area contributed by atoms with Gasteiger partial charge in [0.05, 0.1) is 15.2 Å². The lowest BCUT2D eigenvalue weighted by Gasteiger charge is -2.30. The van der Waals surface area contributed by atoms with Crippen LogP contribution in [0.1, 0.15) is 33.3 Å². The van der Waals surface area contributed by atoms with Crippen molar-refractivity contribution in [2.24, 2.45) is 0 Å². The minimum Gasteiger partial charge on any atom is -0.496 e. The Hall–Kier alpha value is -1.82. The molecule has 0 saturated heterocycles. The number of nitrogens with one attached hydrogen (secondary N) is 1. The van der Waals surface area contributed by atoms with Gasteiger partial charge in [0.1, 0.15) is 5.75 Å². The van der Waals surface area contributed by atoms with Gasteiger partial charge in [-0.3, -0.25) is 9.59 Å². The van der Waals surface area contributed by atoms with Gasteiger partial charge >= 0.3 is 11.8 Å². The maximum atomic E-state index is 12.5. The summed E-state index contributed by atoms with van der Waals surface area (Å²) in [5.74, 6) is -0.318. The minimum atomic E-state index is -1.61. The Morgan fingerprint density at radius 1 is 1.12 bits per heavy atom. The third kappa shape index (κ3) is 5.32.